The lowest BCUT2D eigenvalue weighted by Crippen LogP contribution is -2.40. The van der Waals surface area contributed by atoms with Gasteiger partial charge in [0.1, 0.15) is 11.5 Å². The zero-order valence-corrected chi connectivity index (χ0v) is 15.9. The summed E-state index contributed by atoms with van der Waals surface area (Å²) < 4.78 is 10.9. The Kier molecular flexibility index (Phi) is 6.88. The Labute approximate surface area is 151 Å². The van der Waals surface area contributed by atoms with E-state index in [1.165, 1.54) is 0 Å². The van der Waals surface area contributed by atoms with Gasteiger partial charge in [-0.05, 0) is 44.5 Å². The van der Waals surface area contributed by atoms with Gasteiger partial charge in [0.25, 0.3) is 0 Å². The summed E-state index contributed by atoms with van der Waals surface area (Å²) in [5, 5.41) is 0. The first-order valence-corrected chi connectivity index (χ1v) is 8.88. The van der Waals surface area contributed by atoms with Crippen LogP contribution in [0.5, 0.6) is 11.5 Å². The highest BCUT2D eigenvalue weighted by Crippen LogP contribution is 2.38. The normalized spacial score (nSPS) is 17.0. The van der Waals surface area contributed by atoms with Gasteiger partial charge in [-0.25, -0.2) is 0 Å². The van der Waals surface area contributed by atoms with E-state index >= 15 is 0 Å². The number of likely N-dealkylation sites (tertiary alicyclic amines) is 1. The molecule has 5 nitrogen and oxygen atoms in total. The first-order chi connectivity index (χ1) is 12.0. The maximum atomic E-state index is 12.9. The van der Waals surface area contributed by atoms with E-state index < -0.39 is 0 Å². The highest BCUT2D eigenvalue weighted by atomic mass is 16.5. The summed E-state index contributed by atoms with van der Waals surface area (Å²) in [6.07, 6.45) is 1.95. The number of methoxy groups -OCH3 is 2. The molecule has 0 spiro atoms. The van der Waals surface area contributed by atoms with Crippen molar-refractivity contribution in [2.24, 2.45) is 0 Å². The van der Waals surface area contributed by atoms with E-state index in [0.29, 0.717) is 6.54 Å². The van der Waals surface area contributed by atoms with Crippen molar-refractivity contribution in [3.63, 3.8) is 0 Å². The van der Waals surface area contributed by atoms with E-state index in [4.69, 9.17) is 9.47 Å². The Bertz CT molecular complexity index is 615. The molecule has 1 aromatic carbocycles. The molecule has 1 atom stereocenters. The Morgan fingerprint density at radius 1 is 1.32 bits per heavy atom. The van der Waals surface area contributed by atoms with Crippen LogP contribution >= 0.6 is 0 Å². The van der Waals surface area contributed by atoms with E-state index in [9.17, 15) is 4.79 Å². The Balaban J connectivity index is 2.19. The lowest BCUT2D eigenvalue weighted by molar-refractivity contribution is -0.133. The maximum Gasteiger partial charge on any atom is 0.237 e. The van der Waals surface area contributed by atoms with E-state index in [2.05, 4.69) is 18.4 Å². The third kappa shape index (κ3) is 4.75. The van der Waals surface area contributed by atoms with Crippen LogP contribution in [0.15, 0.2) is 30.4 Å². The first kappa shape index (κ1) is 19.3. The Hall–Kier alpha value is -2.01. The molecule has 138 valence electrons. The fourth-order valence-corrected chi connectivity index (χ4v) is 3.43. The third-order valence-corrected chi connectivity index (χ3v) is 4.67. The third-order valence-electron chi connectivity index (χ3n) is 4.67. The summed E-state index contributed by atoms with van der Waals surface area (Å²) in [5.74, 6) is 1.75. The molecule has 0 radical (unpaired) electrons. The van der Waals surface area contributed by atoms with Crippen LogP contribution in [0.4, 0.5) is 0 Å². The highest BCUT2D eigenvalue weighted by Gasteiger charge is 2.32. The molecule has 1 aliphatic heterocycles. The van der Waals surface area contributed by atoms with Crippen LogP contribution in [0.2, 0.25) is 0 Å². The molecule has 25 heavy (non-hydrogen) atoms. The summed E-state index contributed by atoms with van der Waals surface area (Å²) in [5.41, 5.74) is 2.10. The average Bonchev–Trinajstić information content (AvgIpc) is 3.09. The van der Waals surface area contributed by atoms with Gasteiger partial charge in [-0.15, -0.1) is 0 Å². The molecule has 0 aliphatic carbocycles. The molecule has 0 saturated carbocycles. The minimum atomic E-state index is 0.0427. The zero-order chi connectivity index (χ0) is 18.4. The van der Waals surface area contributed by atoms with Crippen molar-refractivity contribution in [2.75, 3.05) is 40.4 Å². The number of nitrogens with zero attached hydrogens (tertiary/aromatic N) is 2. The SMILES string of the molecule is C=C(C)CN(CC)CC(=O)N1CCCC1c1cc(OC)ccc1OC. The van der Waals surface area contributed by atoms with E-state index in [0.717, 1.165) is 55.1 Å². The lowest BCUT2D eigenvalue weighted by Gasteiger charge is -2.29. The second-order valence-electron chi connectivity index (χ2n) is 6.61. The van der Waals surface area contributed by atoms with Crippen molar-refractivity contribution >= 4 is 5.91 Å². The van der Waals surface area contributed by atoms with Crippen molar-refractivity contribution in [2.45, 2.75) is 32.7 Å². The monoisotopic (exact) mass is 346 g/mol. The molecule has 1 heterocycles. The fraction of sp³-hybridized carbons (Fsp3) is 0.550. The molecule has 1 amide bonds. The predicted octanol–water partition coefficient (Wildman–Crippen LogP) is 3.27. The van der Waals surface area contributed by atoms with Crippen LogP contribution in [0.25, 0.3) is 0 Å². The number of carbonyl (C=O) groups excluding carboxylic acids is 1. The molecular formula is C20H30N2O3. The van der Waals surface area contributed by atoms with Crippen molar-refractivity contribution < 1.29 is 14.3 Å². The molecule has 1 unspecified atom stereocenters. The molecule has 0 N–H and O–H groups in total. The molecule has 2 rings (SSSR count). The highest BCUT2D eigenvalue weighted by molar-refractivity contribution is 5.79. The molecular weight excluding hydrogens is 316 g/mol. The van der Waals surface area contributed by atoms with Gasteiger partial charge in [-0.1, -0.05) is 19.1 Å². The van der Waals surface area contributed by atoms with Gasteiger partial charge < -0.3 is 14.4 Å². The van der Waals surface area contributed by atoms with Gasteiger partial charge in [0.15, 0.2) is 0 Å². The van der Waals surface area contributed by atoms with Crippen LogP contribution < -0.4 is 9.47 Å². The van der Waals surface area contributed by atoms with Crippen LogP contribution in [-0.2, 0) is 4.79 Å². The largest absolute Gasteiger partial charge is 0.497 e. The van der Waals surface area contributed by atoms with Crippen LogP contribution in [0.1, 0.15) is 38.3 Å². The van der Waals surface area contributed by atoms with Gasteiger partial charge in [-0.3, -0.25) is 9.69 Å². The quantitative estimate of drug-likeness (QED) is 0.678. The summed E-state index contributed by atoms with van der Waals surface area (Å²) >= 11 is 0. The summed E-state index contributed by atoms with van der Waals surface area (Å²) in [6, 6.07) is 5.82. The van der Waals surface area contributed by atoms with Crippen molar-refractivity contribution in [1.82, 2.24) is 9.80 Å². The average molecular weight is 346 g/mol. The number of benzene rings is 1. The number of hydrogen-bond acceptors (Lipinski definition) is 4. The van der Waals surface area contributed by atoms with Crippen LogP contribution in [0.3, 0.4) is 0 Å². The number of likely N-dealkylation sites (N-methyl/N-ethyl adjacent to an activating group) is 1. The molecule has 1 saturated heterocycles. The van der Waals surface area contributed by atoms with Crippen LogP contribution in [-0.4, -0.2) is 56.1 Å². The molecule has 5 heteroatoms. The van der Waals surface area contributed by atoms with Gasteiger partial charge >= 0.3 is 0 Å². The Morgan fingerprint density at radius 3 is 2.68 bits per heavy atom. The minimum Gasteiger partial charge on any atom is -0.497 e. The second-order valence-corrected chi connectivity index (χ2v) is 6.61. The maximum absolute atomic E-state index is 12.9. The fourth-order valence-electron chi connectivity index (χ4n) is 3.43. The first-order valence-electron chi connectivity index (χ1n) is 8.88. The smallest absolute Gasteiger partial charge is 0.237 e. The number of ether oxygens (including phenoxy) is 2. The summed E-state index contributed by atoms with van der Waals surface area (Å²) in [4.78, 5) is 17.0. The molecule has 0 bridgehead atoms. The lowest BCUT2D eigenvalue weighted by atomic mass is 10.0. The second kappa shape index (κ2) is 8.90. The standard InChI is InChI=1S/C20H30N2O3/c1-6-21(13-15(2)3)14-20(23)22-11-7-8-18(22)17-12-16(24-4)9-10-19(17)25-5/h9-10,12,18H,2,6-8,11,13-14H2,1,3-5H3. The number of amides is 1. The van der Waals surface area contributed by atoms with Crippen molar-refractivity contribution in [3.8, 4) is 11.5 Å². The number of carbonyl (C=O) groups is 1. The van der Waals surface area contributed by atoms with Crippen molar-refractivity contribution in [1.29, 1.82) is 0 Å². The van der Waals surface area contributed by atoms with Crippen LogP contribution in [0, 0.1) is 0 Å². The topological polar surface area (TPSA) is 42.0 Å². The molecule has 1 fully saturated rings. The molecule has 1 aromatic rings. The predicted molar refractivity (Wildman–Crippen MR) is 100 cm³/mol. The molecule has 1 aliphatic rings. The van der Waals surface area contributed by atoms with Gasteiger partial charge in [-0.2, -0.15) is 0 Å². The van der Waals surface area contributed by atoms with Gasteiger partial charge in [0, 0.05) is 18.7 Å². The zero-order valence-electron chi connectivity index (χ0n) is 15.9. The Morgan fingerprint density at radius 2 is 2.08 bits per heavy atom. The van der Waals surface area contributed by atoms with E-state index in [1.54, 1.807) is 14.2 Å². The van der Waals surface area contributed by atoms with E-state index in [-0.39, 0.29) is 11.9 Å². The van der Waals surface area contributed by atoms with E-state index in [1.807, 2.05) is 30.0 Å². The van der Waals surface area contributed by atoms with Crippen molar-refractivity contribution in [3.05, 3.63) is 35.9 Å². The minimum absolute atomic E-state index is 0.0427. The van der Waals surface area contributed by atoms with Gasteiger partial charge in [0.05, 0.1) is 26.8 Å². The number of hydrogen-bond donors (Lipinski definition) is 0. The summed E-state index contributed by atoms with van der Waals surface area (Å²) in [6.45, 7) is 10.8. The van der Waals surface area contributed by atoms with Gasteiger partial charge in [0.2, 0.25) is 5.91 Å². The number of rotatable bonds is 8. The summed E-state index contributed by atoms with van der Waals surface area (Å²) in [7, 11) is 3.32. The molecule has 0 aromatic heterocycles.